The van der Waals surface area contributed by atoms with Crippen LogP contribution in [0.1, 0.15) is 0 Å². The first-order valence-corrected chi connectivity index (χ1v) is 8.56. The predicted molar refractivity (Wildman–Crippen MR) is 74.9 cm³/mol. The third-order valence-electron chi connectivity index (χ3n) is 2.21. The summed E-state index contributed by atoms with van der Waals surface area (Å²) in [6.45, 7) is 1.35. The molecule has 0 saturated carbocycles. The highest BCUT2D eigenvalue weighted by Crippen LogP contribution is 2.18. The highest BCUT2D eigenvalue weighted by Gasteiger charge is 2.16. The number of aromatic nitrogens is 4. The van der Waals surface area contributed by atoms with E-state index in [9.17, 15) is 13.2 Å². The Labute approximate surface area is 122 Å². The minimum atomic E-state index is -3.33. The quantitative estimate of drug-likeness (QED) is 0.429. The summed E-state index contributed by atoms with van der Waals surface area (Å²) in [6, 6.07) is 0. The van der Waals surface area contributed by atoms with E-state index in [0.717, 1.165) is 24.6 Å². The fourth-order valence-electron chi connectivity index (χ4n) is 1.20. The van der Waals surface area contributed by atoms with E-state index in [1.807, 2.05) is 19.0 Å². The van der Waals surface area contributed by atoms with Crippen molar-refractivity contribution in [3.05, 3.63) is 0 Å². The molecule has 1 N–H and O–H groups in total. The Kier molecular flexibility index (Phi) is 6.52. The number of tetrazole rings is 1. The summed E-state index contributed by atoms with van der Waals surface area (Å²) in [5, 5.41) is 11.1. The van der Waals surface area contributed by atoms with Crippen LogP contribution in [0.15, 0.2) is 5.16 Å². The lowest BCUT2D eigenvalue weighted by Gasteiger charge is -2.12. The fraction of sp³-hybridized carbons (Fsp3) is 0.778. The summed E-state index contributed by atoms with van der Waals surface area (Å²) < 4.78 is 25.9. The summed E-state index contributed by atoms with van der Waals surface area (Å²) in [7, 11) is 0.537. The maximum Gasteiger partial charge on any atom is 0.210 e. The molecule has 20 heavy (non-hydrogen) atoms. The highest BCUT2D eigenvalue weighted by atomic mass is 32.2. The van der Waals surface area contributed by atoms with Gasteiger partial charge >= 0.3 is 0 Å². The number of nitrogens with zero attached hydrogens (tertiary/aromatic N) is 5. The third kappa shape index (κ3) is 6.41. The molecule has 1 atom stereocenters. The van der Waals surface area contributed by atoms with Crippen molar-refractivity contribution in [2.45, 2.75) is 17.0 Å². The number of rotatable bonds is 9. The summed E-state index contributed by atoms with van der Waals surface area (Å²) in [4.78, 5) is 13.0. The average molecular weight is 322 g/mol. The molecule has 1 aromatic rings. The van der Waals surface area contributed by atoms with Gasteiger partial charge < -0.3 is 9.69 Å². The Morgan fingerprint density at radius 2 is 2.20 bits per heavy atom. The van der Waals surface area contributed by atoms with Crippen molar-refractivity contribution in [3.63, 3.8) is 0 Å². The van der Waals surface area contributed by atoms with Gasteiger partial charge in [-0.2, -0.15) is 0 Å². The molecule has 0 aliphatic heterocycles. The first-order chi connectivity index (χ1) is 9.31. The molecule has 0 amide bonds. The first-order valence-electron chi connectivity index (χ1n) is 5.79. The normalized spacial score (nSPS) is 13.6. The van der Waals surface area contributed by atoms with Gasteiger partial charge in [-0.1, -0.05) is 11.8 Å². The first kappa shape index (κ1) is 17.0. The SMILES string of the molecule is CN(C)CCn1nnnc1SC(C=O)CNS(C)(=O)=O. The van der Waals surface area contributed by atoms with Gasteiger partial charge in [0, 0.05) is 13.1 Å². The number of thioether (sulfide) groups is 1. The summed E-state index contributed by atoms with van der Waals surface area (Å²) in [6.07, 6.45) is 1.72. The van der Waals surface area contributed by atoms with E-state index in [-0.39, 0.29) is 6.54 Å². The molecule has 0 radical (unpaired) electrons. The number of carbonyl (C=O) groups excluding carboxylic acids is 1. The van der Waals surface area contributed by atoms with Crippen molar-refractivity contribution in [2.75, 3.05) is 33.4 Å². The summed E-state index contributed by atoms with van der Waals surface area (Å²) >= 11 is 1.13. The van der Waals surface area contributed by atoms with E-state index in [2.05, 4.69) is 20.2 Å². The topological polar surface area (TPSA) is 110 Å². The lowest BCUT2D eigenvalue weighted by Crippen LogP contribution is -2.30. The molecule has 114 valence electrons. The number of aldehydes is 1. The number of carbonyl (C=O) groups is 1. The molecule has 1 rings (SSSR count). The zero-order valence-electron chi connectivity index (χ0n) is 11.6. The van der Waals surface area contributed by atoms with E-state index in [0.29, 0.717) is 18.0 Å². The van der Waals surface area contributed by atoms with Crippen molar-refractivity contribution < 1.29 is 13.2 Å². The monoisotopic (exact) mass is 322 g/mol. The Morgan fingerprint density at radius 3 is 2.75 bits per heavy atom. The molecule has 1 aromatic heterocycles. The number of nitrogens with one attached hydrogen (secondary N) is 1. The van der Waals surface area contributed by atoms with E-state index in [1.54, 1.807) is 4.68 Å². The van der Waals surface area contributed by atoms with Gasteiger partial charge in [-0.05, 0) is 24.5 Å². The molecule has 0 saturated heterocycles. The number of hydrogen-bond acceptors (Lipinski definition) is 8. The van der Waals surface area contributed by atoms with Crippen LogP contribution >= 0.6 is 11.8 Å². The van der Waals surface area contributed by atoms with Gasteiger partial charge in [0.15, 0.2) is 0 Å². The molecule has 1 heterocycles. The Balaban J connectivity index is 2.61. The molecule has 0 aromatic carbocycles. The van der Waals surface area contributed by atoms with Crippen molar-refractivity contribution in [2.24, 2.45) is 0 Å². The van der Waals surface area contributed by atoms with Crippen LogP contribution in [0.5, 0.6) is 0 Å². The van der Waals surface area contributed by atoms with Crippen LogP contribution in [0.25, 0.3) is 0 Å². The predicted octanol–water partition coefficient (Wildman–Crippen LogP) is -1.56. The molecule has 0 aliphatic rings. The van der Waals surface area contributed by atoms with Crippen LogP contribution in [0.3, 0.4) is 0 Å². The second kappa shape index (κ2) is 7.67. The van der Waals surface area contributed by atoms with Crippen LogP contribution in [0.4, 0.5) is 0 Å². The molecule has 1 unspecified atom stereocenters. The second-order valence-corrected chi connectivity index (χ2v) is 7.44. The minimum absolute atomic E-state index is 0.00748. The fourth-order valence-corrected chi connectivity index (χ4v) is 2.62. The number of hydrogen-bond donors (Lipinski definition) is 1. The van der Waals surface area contributed by atoms with E-state index in [1.165, 1.54) is 0 Å². The van der Waals surface area contributed by atoms with Gasteiger partial charge in [0.2, 0.25) is 15.2 Å². The molecule has 0 bridgehead atoms. The van der Waals surface area contributed by atoms with Crippen LogP contribution in [-0.2, 0) is 21.4 Å². The standard InChI is InChI=1S/C9H18N6O3S2/c1-14(2)4-5-15-9(11-12-13-15)19-8(7-16)6-10-20(3,17)18/h7-8,10H,4-6H2,1-3H3. The van der Waals surface area contributed by atoms with Crippen molar-refractivity contribution in [1.82, 2.24) is 29.8 Å². The van der Waals surface area contributed by atoms with E-state index in [4.69, 9.17) is 0 Å². The third-order valence-corrected chi connectivity index (χ3v) is 3.99. The second-order valence-electron chi connectivity index (χ2n) is 4.40. The molecular weight excluding hydrogens is 304 g/mol. The summed E-state index contributed by atoms with van der Waals surface area (Å²) in [5.74, 6) is 0. The maximum absolute atomic E-state index is 11.0. The Hall–Kier alpha value is -1.04. The molecule has 11 heteroatoms. The molecule has 0 spiro atoms. The average Bonchev–Trinajstić information content (AvgIpc) is 2.78. The molecule has 9 nitrogen and oxygen atoms in total. The van der Waals surface area contributed by atoms with Crippen molar-refractivity contribution in [1.29, 1.82) is 0 Å². The van der Waals surface area contributed by atoms with E-state index < -0.39 is 15.3 Å². The van der Waals surface area contributed by atoms with Crippen LogP contribution < -0.4 is 4.72 Å². The zero-order valence-corrected chi connectivity index (χ0v) is 13.2. The van der Waals surface area contributed by atoms with Gasteiger partial charge in [0.25, 0.3) is 0 Å². The van der Waals surface area contributed by atoms with E-state index >= 15 is 0 Å². The Morgan fingerprint density at radius 1 is 1.50 bits per heavy atom. The van der Waals surface area contributed by atoms with Crippen LogP contribution in [-0.4, -0.2) is 78.5 Å². The number of likely N-dealkylation sites (N-methyl/N-ethyl adjacent to an activating group) is 1. The highest BCUT2D eigenvalue weighted by molar-refractivity contribution is 8.00. The molecule has 0 fully saturated rings. The summed E-state index contributed by atoms with van der Waals surface area (Å²) in [5.41, 5.74) is 0. The van der Waals surface area contributed by atoms with Crippen molar-refractivity contribution in [3.8, 4) is 0 Å². The van der Waals surface area contributed by atoms with Gasteiger partial charge in [-0.15, -0.1) is 5.10 Å². The zero-order chi connectivity index (χ0) is 15.2. The van der Waals surface area contributed by atoms with Crippen LogP contribution in [0.2, 0.25) is 0 Å². The van der Waals surface area contributed by atoms with Gasteiger partial charge in [0.05, 0.1) is 18.1 Å². The molecular formula is C9H18N6O3S2. The lowest BCUT2D eigenvalue weighted by molar-refractivity contribution is -0.107. The molecule has 0 aliphatic carbocycles. The lowest BCUT2D eigenvalue weighted by atomic mass is 10.5. The maximum atomic E-state index is 11.0. The minimum Gasteiger partial charge on any atom is -0.308 e. The largest absolute Gasteiger partial charge is 0.308 e. The Bertz CT molecular complexity index is 530. The van der Waals surface area contributed by atoms with Crippen LogP contribution in [0, 0.1) is 0 Å². The smallest absolute Gasteiger partial charge is 0.210 e. The van der Waals surface area contributed by atoms with Crippen molar-refractivity contribution >= 4 is 28.1 Å². The van der Waals surface area contributed by atoms with Gasteiger partial charge in [-0.25, -0.2) is 17.8 Å². The number of sulfonamides is 1. The van der Waals surface area contributed by atoms with Gasteiger partial charge in [0.1, 0.15) is 6.29 Å². The van der Waals surface area contributed by atoms with Gasteiger partial charge in [-0.3, -0.25) is 0 Å².